The van der Waals surface area contributed by atoms with Gasteiger partial charge in [-0.25, -0.2) is 4.39 Å². The van der Waals surface area contributed by atoms with Gasteiger partial charge in [-0.3, -0.25) is 5.41 Å². The van der Waals surface area contributed by atoms with Gasteiger partial charge >= 0.3 is 0 Å². The molecule has 0 saturated heterocycles. The second kappa shape index (κ2) is 10.4. The molecule has 0 amide bonds. The predicted octanol–water partition coefficient (Wildman–Crippen LogP) is 6.06. The van der Waals surface area contributed by atoms with E-state index in [2.05, 4.69) is 23.7 Å². The van der Waals surface area contributed by atoms with E-state index in [1.807, 2.05) is 29.5 Å². The van der Waals surface area contributed by atoms with Crippen molar-refractivity contribution in [2.45, 2.75) is 20.3 Å². The summed E-state index contributed by atoms with van der Waals surface area (Å²) in [5, 5.41) is 10.2. The van der Waals surface area contributed by atoms with Crippen LogP contribution in [0.15, 0.2) is 84.4 Å². The first-order chi connectivity index (χ1) is 14.5. The van der Waals surface area contributed by atoms with Crippen molar-refractivity contribution < 1.29 is 13.5 Å². The van der Waals surface area contributed by atoms with Gasteiger partial charge in [0.2, 0.25) is 5.97 Å². The Morgan fingerprint density at radius 3 is 2.81 bits per heavy atom. The molecular formula is C25H27F2N3O. The van der Waals surface area contributed by atoms with Crippen LogP contribution in [-0.2, 0) is 4.74 Å². The number of benzene rings is 1. The lowest BCUT2D eigenvalue weighted by Crippen LogP contribution is -2.12. The van der Waals surface area contributed by atoms with E-state index in [0.29, 0.717) is 29.7 Å². The van der Waals surface area contributed by atoms with Crippen LogP contribution in [0.2, 0.25) is 0 Å². The maximum atomic E-state index is 14.1. The van der Waals surface area contributed by atoms with Gasteiger partial charge in [-0.1, -0.05) is 31.9 Å². The van der Waals surface area contributed by atoms with E-state index in [0.717, 1.165) is 16.8 Å². The largest absolute Gasteiger partial charge is 0.489 e. The van der Waals surface area contributed by atoms with Gasteiger partial charge in [0.15, 0.2) is 5.76 Å². The minimum atomic E-state index is -1.08. The van der Waals surface area contributed by atoms with Crippen LogP contribution in [0, 0.1) is 11.2 Å². The highest BCUT2D eigenvalue weighted by Crippen LogP contribution is 2.34. The van der Waals surface area contributed by atoms with Crippen molar-refractivity contribution in [1.82, 2.24) is 10.2 Å². The Kier molecular flexibility index (Phi) is 7.94. The molecule has 0 fully saturated rings. The van der Waals surface area contributed by atoms with Crippen molar-refractivity contribution in [2.24, 2.45) is 0 Å². The zero-order chi connectivity index (χ0) is 21.7. The first-order valence-corrected chi connectivity index (χ1v) is 9.44. The van der Waals surface area contributed by atoms with Gasteiger partial charge in [0, 0.05) is 36.9 Å². The summed E-state index contributed by atoms with van der Waals surface area (Å²) in [6, 6.07) is 4.17. The Hall–Kier alpha value is -3.63. The number of fused-ring (bicyclic) bond motifs is 1. The fourth-order valence-electron chi connectivity index (χ4n) is 3.48. The molecule has 2 aliphatic rings. The Morgan fingerprint density at radius 1 is 1.39 bits per heavy atom. The number of allylic oxidation sites excluding steroid dienone is 5. The molecule has 2 aliphatic heterocycles. The predicted molar refractivity (Wildman–Crippen MR) is 123 cm³/mol. The summed E-state index contributed by atoms with van der Waals surface area (Å²) in [6.07, 6.45) is 12.5. The summed E-state index contributed by atoms with van der Waals surface area (Å²) in [7, 11) is 3.19. The molecular weight excluding hydrogens is 396 g/mol. The number of ether oxygens (including phenoxy) is 1. The zero-order valence-electron chi connectivity index (χ0n) is 16.9. The molecule has 0 saturated carbocycles. The zero-order valence-corrected chi connectivity index (χ0v) is 16.9. The van der Waals surface area contributed by atoms with Crippen LogP contribution in [0.4, 0.5) is 8.78 Å². The van der Waals surface area contributed by atoms with Crippen molar-refractivity contribution in [2.75, 3.05) is 14.2 Å². The fourth-order valence-corrected chi connectivity index (χ4v) is 3.48. The number of nitrogens with one attached hydrogen (secondary N) is 2. The molecule has 1 aromatic carbocycles. The topological polar surface area (TPSA) is 48.4 Å². The molecule has 1 aromatic rings. The molecule has 2 heterocycles. The number of rotatable bonds is 6. The Balaban J connectivity index is 0.00000341. The lowest BCUT2D eigenvalue weighted by molar-refractivity contribution is 0.303. The highest BCUT2D eigenvalue weighted by atomic mass is 19.1. The lowest BCUT2D eigenvalue weighted by atomic mass is 9.92. The van der Waals surface area contributed by atoms with Crippen LogP contribution >= 0.6 is 0 Å². The van der Waals surface area contributed by atoms with E-state index < -0.39 is 11.8 Å². The number of hydrogen-bond acceptors (Lipinski definition) is 4. The van der Waals surface area contributed by atoms with Crippen LogP contribution < -0.4 is 5.32 Å². The van der Waals surface area contributed by atoms with Crippen molar-refractivity contribution in [3.63, 3.8) is 0 Å². The second-order valence-corrected chi connectivity index (χ2v) is 6.71. The van der Waals surface area contributed by atoms with E-state index in [9.17, 15) is 8.78 Å². The van der Waals surface area contributed by atoms with Gasteiger partial charge in [0.25, 0.3) is 0 Å². The molecule has 0 unspecified atom stereocenters. The number of methoxy groups -OCH3 is 1. The third-order valence-corrected chi connectivity index (χ3v) is 4.85. The summed E-state index contributed by atoms with van der Waals surface area (Å²) in [6.45, 7) is 3.64. The molecule has 0 aliphatic carbocycles. The maximum Gasteiger partial charge on any atom is 0.214 e. The van der Waals surface area contributed by atoms with Gasteiger partial charge in [0.05, 0.1) is 12.7 Å². The molecule has 4 nitrogen and oxygen atoms in total. The minimum Gasteiger partial charge on any atom is -0.489 e. The quantitative estimate of drug-likeness (QED) is 0.332. The molecule has 0 aromatic heterocycles. The number of nitrogens with zero attached hydrogens (tertiary/aromatic N) is 1. The van der Waals surface area contributed by atoms with Crippen LogP contribution in [0.1, 0.15) is 31.4 Å². The number of halogens is 2. The van der Waals surface area contributed by atoms with Crippen molar-refractivity contribution in [3.8, 4) is 0 Å². The van der Waals surface area contributed by atoms with Crippen molar-refractivity contribution in [3.05, 3.63) is 101 Å². The van der Waals surface area contributed by atoms with Crippen LogP contribution in [0.25, 0.3) is 11.1 Å². The van der Waals surface area contributed by atoms with Crippen molar-refractivity contribution in [1.29, 1.82) is 5.41 Å². The molecule has 0 spiro atoms. The average Bonchev–Trinajstić information content (AvgIpc) is 2.95. The highest BCUT2D eigenvalue weighted by molar-refractivity contribution is 6.18. The standard InChI is InChI=1S/C24H23F2N3O.CH4/c1-4-23(30-3)16-10-11-29-15-17(6-5-7-19(29)12-16)21-13-18(25)8-9-20(21)22(14-28-2)24(26)27;/h7-15,27-28H,1,5-6H2,2-3H3;1H4/b22-14-,27-24?;. The average molecular weight is 424 g/mol. The Bertz CT molecular complexity index is 1070. The molecule has 0 atom stereocenters. The third kappa shape index (κ3) is 5.11. The maximum absolute atomic E-state index is 14.1. The molecule has 2 N–H and O–H groups in total. The van der Waals surface area contributed by atoms with E-state index in [1.54, 1.807) is 14.2 Å². The summed E-state index contributed by atoms with van der Waals surface area (Å²) < 4.78 is 33.3. The summed E-state index contributed by atoms with van der Waals surface area (Å²) >= 11 is 0. The molecule has 162 valence electrons. The highest BCUT2D eigenvalue weighted by Gasteiger charge is 2.20. The molecule has 0 radical (unpaired) electrons. The van der Waals surface area contributed by atoms with Gasteiger partial charge in [-0.15, -0.1) is 0 Å². The minimum absolute atomic E-state index is 0. The van der Waals surface area contributed by atoms with E-state index in [4.69, 9.17) is 10.1 Å². The van der Waals surface area contributed by atoms with Crippen LogP contribution in [-0.4, -0.2) is 25.0 Å². The monoisotopic (exact) mass is 423 g/mol. The van der Waals surface area contributed by atoms with Crippen LogP contribution in [0.3, 0.4) is 0 Å². The van der Waals surface area contributed by atoms with E-state index in [-0.39, 0.29) is 13.0 Å². The Labute approximate surface area is 182 Å². The van der Waals surface area contributed by atoms with Gasteiger partial charge < -0.3 is 15.0 Å². The number of hydrogen-bond donors (Lipinski definition) is 2. The summed E-state index contributed by atoms with van der Waals surface area (Å²) in [4.78, 5) is 1.93. The summed E-state index contributed by atoms with van der Waals surface area (Å²) in [5.41, 5.74) is 6.49. The van der Waals surface area contributed by atoms with Crippen molar-refractivity contribution >= 4 is 17.1 Å². The van der Waals surface area contributed by atoms with Gasteiger partial charge in [0.1, 0.15) is 5.82 Å². The SMILES string of the molecule is C.C=C=C(OC)C1=CC2=CCCC(c3cc(F)ccc3/C(=C/NC)C(=N)F)=CN2C=C1. The third-order valence-electron chi connectivity index (χ3n) is 4.85. The molecule has 6 heteroatoms. The second-order valence-electron chi connectivity index (χ2n) is 6.71. The Morgan fingerprint density at radius 2 is 2.16 bits per heavy atom. The fraction of sp³-hybridized carbons (Fsp3) is 0.200. The molecule has 31 heavy (non-hydrogen) atoms. The van der Waals surface area contributed by atoms with Crippen LogP contribution in [0.5, 0.6) is 0 Å². The lowest BCUT2D eigenvalue weighted by Gasteiger charge is -2.23. The smallest absolute Gasteiger partial charge is 0.214 e. The normalized spacial score (nSPS) is 15.3. The molecule has 3 rings (SSSR count). The summed E-state index contributed by atoms with van der Waals surface area (Å²) in [5.74, 6) is -0.950. The molecule has 0 bridgehead atoms. The van der Waals surface area contributed by atoms with E-state index >= 15 is 0 Å². The van der Waals surface area contributed by atoms with E-state index in [1.165, 1.54) is 24.4 Å². The first-order valence-electron chi connectivity index (χ1n) is 9.44. The first kappa shape index (κ1) is 23.6. The van der Waals surface area contributed by atoms with Gasteiger partial charge in [-0.05, 0) is 53.8 Å². The van der Waals surface area contributed by atoms with Gasteiger partial charge in [-0.2, -0.15) is 4.39 Å².